The van der Waals surface area contributed by atoms with Crippen LogP contribution in [-0.2, 0) is 14.4 Å². The second kappa shape index (κ2) is 31.1. The summed E-state index contributed by atoms with van der Waals surface area (Å²) in [6.07, 6.45) is 30.9. The average Bonchev–Trinajstić information content (AvgIpc) is 3.06. The maximum absolute atomic E-state index is 12.6. The molecule has 7 nitrogen and oxygen atoms in total. The summed E-state index contributed by atoms with van der Waals surface area (Å²) in [6, 6.07) is 0. The van der Waals surface area contributed by atoms with Crippen molar-refractivity contribution in [2.75, 3.05) is 6.67 Å². The van der Waals surface area contributed by atoms with Crippen LogP contribution in [0, 0.1) is 11.3 Å². The molecule has 0 aromatic heterocycles. The van der Waals surface area contributed by atoms with E-state index in [0.717, 1.165) is 25.2 Å². The summed E-state index contributed by atoms with van der Waals surface area (Å²) in [4.78, 5) is 36.3. The number of hydrogen-bond acceptors (Lipinski definition) is 4. The fourth-order valence-electron chi connectivity index (χ4n) is 7.61. The normalized spacial score (nSPS) is 14.1. The van der Waals surface area contributed by atoms with Gasteiger partial charge in [0.05, 0.1) is 13.1 Å². The van der Waals surface area contributed by atoms with Gasteiger partial charge in [-0.3, -0.25) is 14.0 Å². The fraction of sp³-hybridized carbons (Fsp3) is 0.927. The molecule has 0 fully saturated rings. The molecule has 0 aromatic rings. The number of carboxylic acid groups (broad SMARTS) is 3. The molecule has 0 heterocycles. The van der Waals surface area contributed by atoms with Crippen molar-refractivity contribution in [1.29, 1.82) is 0 Å². The van der Waals surface area contributed by atoms with E-state index in [4.69, 9.17) is 0 Å². The highest BCUT2D eigenvalue weighted by Crippen LogP contribution is 2.45. The maximum Gasteiger partial charge on any atom is 0.337 e. The lowest BCUT2D eigenvalue weighted by Gasteiger charge is -2.41. The third kappa shape index (κ3) is 22.0. The lowest BCUT2D eigenvalue weighted by atomic mass is 9.64. The molecule has 0 saturated carbocycles. The Morgan fingerprint density at radius 2 is 0.816 bits per heavy atom. The Kier molecular flexibility index (Phi) is 30.0. The molecule has 0 aromatic carbocycles. The minimum absolute atomic E-state index is 0.0957. The molecule has 0 spiro atoms. The fourth-order valence-corrected chi connectivity index (χ4v) is 7.61. The Bertz CT molecular complexity index is 806. The van der Waals surface area contributed by atoms with Crippen LogP contribution in [0.5, 0.6) is 0 Å². The van der Waals surface area contributed by atoms with Gasteiger partial charge in [-0.15, -0.1) is 0 Å². The second-order valence-electron chi connectivity index (χ2n) is 15.0. The van der Waals surface area contributed by atoms with E-state index in [1.807, 2.05) is 0 Å². The van der Waals surface area contributed by atoms with Crippen LogP contribution in [0.25, 0.3) is 0 Å². The summed E-state index contributed by atoms with van der Waals surface area (Å²) in [5.41, 5.74) is -5.01. The van der Waals surface area contributed by atoms with Crippen LogP contribution in [0.2, 0.25) is 0 Å². The van der Waals surface area contributed by atoms with Crippen LogP contribution >= 0.6 is 0 Å². The van der Waals surface area contributed by atoms with Gasteiger partial charge in [-0.1, -0.05) is 194 Å². The van der Waals surface area contributed by atoms with E-state index in [9.17, 15) is 39.2 Å². The minimum atomic E-state index is -2.91. The van der Waals surface area contributed by atoms with Crippen molar-refractivity contribution in [3.05, 3.63) is 0 Å². The standard InChI is InChI=1S/C41H77FO7/c1-3-5-7-9-17-23-29-36(30-24-18-10-8-6-4-2)31-25-19-14-12-11-13-15-20-26-32-40(38(45)46,33-27-21-16-22-28-34-42)41(49,39(47)48)35-37(43)44/h36,49H,3-35H2,1-2H3,(H,43,44)(H,45,46)(H,47,48). The first kappa shape index (κ1) is 47.3. The molecule has 8 heteroatoms. The van der Waals surface area contributed by atoms with Gasteiger partial charge in [-0.2, -0.15) is 0 Å². The van der Waals surface area contributed by atoms with Crippen molar-refractivity contribution in [3.63, 3.8) is 0 Å². The van der Waals surface area contributed by atoms with E-state index in [1.54, 1.807) is 0 Å². The molecule has 0 amide bonds. The van der Waals surface area contributed by atoms with Crippen molar-refractivity contribution < 1.29 is 39.2 Å². The summed E-state index contributed by atoms with van der Waals surface area (Å²) in [5, 5.41) is 40.6. The molecule has 0 aliphatic heterocycles. The third-order valence-corrected chi connectivity index (χ3v) is 10.8. The molecule has 0 bridgehead atoms. The van der Waals surface area contributed by atoms with Crippen molar-refractivity contribution in [3.8, 4) is 0 Å². The quantitative estimate of drug-likeness (QED) is 0.0471. The first-order valence-corrected chi connectivity index (χ1v) is 20.6. The lowest BCUT2D eigenvalue weighted by Crippen LogP contribution is -2.59. The Morgan fingerprint density at radius 3 is 1.12 bits per heavy atom. The number of aliphatic hydroxyl groups is 1. The smallest absolute Gasteiger partial charge is 0.337 e. The summed E-state index contributed by atoms with van der Waals surface area (Å²) < 4.78 is 12.4. The van der Waals surface area contributed by atoms with E-state index in [-0.39, 0.29) is 12.8 Å². The summed E-state index contributed by atoms with van der Waals surface area (Å²) in [7, 11) is 0. The zero-order chi connectivity index (χ0) is 36.6. The molecular weight excluding hydrogens is 623 g/mol. The number of carboxylic acids is 3. The zero-order valence-corrected chi connectivity index (χ0v) is 31.8. The topological polar surface area (TPSA) is 132 Å². The molecule has 4 N–H and O–H groups in total. The van der Waals surface area contributed by atoms with E-state index in [1.165, 1.54) is 122 Å². The van der Waals surface area contributed by atoms with Gasteiger partial charge in [-0.05, 0) is 25.2 Å². The average molecular weight is 701 g/mol. The van der Waals surface area contributed by atoms with Crippen molar-refractivity contribution in [2.24, 2.45) is 11.3 Å². The first-order chi connectivity index (χ1) is 23.6. The Morgan fingerprint density at radius 1 is 0.490 bits per heavy atom. The van der Waals surface area contributed by atoms with E-state index >= 15 is 0 Å². The predicted octanol–water partition coefficient (Wildman–Crippen LogP) is 12.1. The SMILES string of the molecule is CCCCCCCCC(CCCCCCCC)CCCCCCCCCCCC(CCCCCCCF)(C(=O)O)C(O)(CC(=O)O)C(=O)O. The second-order valence-corrected chi connectivity index (χ2v) is 15.0. The van der Waals surface area contributed by atoms with Crippen LogP contribution in [0.1, 0.15) is 219 Å². The van der Waals surface area contributed by atoms with Gasteiger partial charge < -0.3 is 20.4 Å². The summed E-state index contributed by atoms with van der Waals surface area (Å²) >= 11 is 0. The monoisotopic (exact) mass is 701 g/mol. The van der Waals surface area contributed by atoms with Crippen molar-refractivity contribution in [1.82, 2.24) is 0 Å². The Balaban J connectivity index is 4.65. The first-order valence-electron chi connectivity index (χ1n) is 20.6. The van der Waals surface area contributed by atoms with Gasteiger partial charge in [0.25, 0.3) is 0 Å². The third-order valence-electron chi connectivity index (χ3n) is 10.8. The van der Waals surface area contributed by atoms with E-state index < -0.39 is 42.0 Å². The maximum atomic E-state index is 12.6. The van der Waals surface area contributed by atoms with E-state index in [2.05, 4.69) is 13.8 Å². The largest absolute Gasteiger partial charge is 0.481 e. The number of alkyl halides is 1. The van der Waals surface area contributed by atoms with Crippen LogP contribution in [0.4, 0.5) is 4.39 Å². The van der Waals surface area contributed by atoms with Crippen molar-refractivity contribution in [2.45, 2.75) is 225 Å². The number of hydrogen-bond donors (Lipinski definition) is 4. The van der Waals surface area contributed by atoms with Crippen LogP contribution < -0.4 is 0 Å². The zero-order valence-electron chi connectivity index (χ0n) is 31.8. The molecular formula is C41H77FO7. The highest BCUT2D eigenvalue weighted by molar-refractivity contribution is 5.92. The molecule has 0 aliphatic carbocycles. The van der Waals surface area contributed by atoms with E-state index in [0.29, 0.717) is 44.9 Å². The van der Waals surface area contributed by atoms with Gasteiger partial charge in [0.1, 0.15) is 5.41 Å². The highest BCUT2D eigenvalue weighted by atomic mass is 19.1. The summed E-state index contributed by atoms with van der Waals surface area (Å²) in [6.45, 7) is 4.12. The van der Waals surface area contributed by atoms with Crippen LogP contribution in [-0.4, -0.2) is 50.6 Å². The molecule has 49 heavy (non-hydrogen) atoms. The molecule has 2 atom stereocenters. The van der Waals surface area contributed by atoms with Gasteiger partial charge >= 0.3 is 17.9 Å². The number of rotatable bonds is 38. The molecule has 2 unspecified atom stereocenters. The van der Waals surface area contributed by atoms with Crippen molar-refractivity contribution >= 4 is 17.9 Å². The molecule has 0 rings (SSSR count). The van der Waals surface area contributed by atoms with Gasteiger partial charge in [-0.25, -0.2) is 4.79 Å². The Hall–Kier alpha value is -1.70. The van der Waals surface area contributed by atoms with Crippen LogP contribution in [0.3, 0.4) is 0 Å². The number of halogens is 1. The predicted molar refractivity (Wildman–Crippen MR) is 199 cm³/mol. The van der Waals surface area contributed by atoms with Gasteiger partial charge in [0.2, 0.25) is 0 Å². The molecule has 0 radical (unpaired) electrons. The summed E-state index contributed by atoms with van der Waals surface area (Å²) in [5.74, 6) is -3.95. The molecule has 0 saturated heterocycles. The number of aliphatic carboxylic acids is 3. The minimum Gasteiger partial charge on any atom is -0.481 e. The Labute approximate surface area is 299 Å². The molecule has 0 aliphatic rings. The number of carbonyl (C=O) groups is 3. The number of unbranched alkanes of at least 4 members (excludes halogenated alkanes) is 22. The highest BCUT2D eigenvalue weighted by Gasteiger charge is 2.61. The van der Waals surface area contributed by atoms with Gasteiger partial charge in [0, 0.05) is 0 Å². The lowest BCUT2D eigenvalue weighted by molar-refractivity contribution is -0.196. The molecule has 290 valence electrons. The van der Waals surface area contributed by atoms with Gasteiger partial charge in [0.15, 0.2) is 5.60 Å². The van der Waals surface area contributed by atoms with Crippen LogP contribution in [0.15, 0.2) is 0 Å².